The second-order valence-corrected chi connectivity index (χ2v) is 4.83. The molecule has 2 unspecified atom stereocenters. The molecule has 0 aromatic carbocycles. The molecule has 2 nitrogen and oxygen atoms in total. The summed E-state index contributed by atoms with van der Waals surface area (Å²) in [7, 11) is 0. The van der Waals surface area contributed by atoms with E-state index in [2.05, 4.69) is 0 Å². The molecule has 84 valence electrons. The highest BCUT2D eigenvalue weighted by Gasteiger charge is 2.30. The number of hydrogen-bond donors (Lipinski definition) is 2. The number of hydrogen-bond acceptors (Lipinski definition) is 2. The molecule has 0 aromatic heterocycles. The van der Waals surface area contributed by atoms with Gasteiger partial charge < -0.3 is 11.5 Å². The van der Waals surface area contributed by atoms with Crippen LogP contribution in [0.25, 0.3) is 0 Å². The van der Waals surface area contributed by atoms with Gasteiger partial charge in [0.25, 0.3) is 0 Å². The zero-order valence-electron chi connectivity index (χ0n) is 9.77. The van der Waals surface area contributed by atoms with Gasteiger partial charge in [0.15, 0.2) is 0 Å². The summed E-state index contributed by atoms with van der Waals surface area (Å²) in [6.45, 7) is 4.00. The molecule has 2 aliphatic rings. The van der Waals surface area contributed by atoms with Crippen LogP contribution in [0.1, 0.15) is 13.8 Å². The van der Waals surface area contributed by atoms with E-state index < -0.39 is 11.1 Å². The van der Waals surface area contributed by atoms with E-state index in [1.54, 1.807) is 0 Å². The third-order valence-electron chi connectivity index (χ3n) is 3.08. The van der Waals surface area contributed by atoms with Gasteiger partial charge >= 0.3 is 0 Å². The third kappa shape index (κ3) is 1.82. The van der Waals surface area contributed by atoms with Crippen LogP contribution in [0.2, 0.25) is 0 Å². The first-order valence-electron chi connectivity index (χ1n) is 5.48. The van der Waals surface area contributed by atoms with E-state index in [0.717, 1.165) is 11.1 Å². The Morgan fingerprint density at radius 1 is 0.750 bits per heavy atom. The molecule has 0 spiro atoms. The quantitative estimate of drug-likeness (QED) is 0.647. The predicted octanol–water partition coefficient (Wildman–Crippen LogP) is 1.97. The lowest BCUT2D eigenvalue weighted by atomic mass is 9.77. The zero-order valence-corrected chi connectivity index (χ0v) is 9.77. The highest BCUT2D eigenvalue weighted by atomic mass is 14.8. The maximum atomic E-state index is 6.26. The Bertz CT molecular complexity index is 401. The third-order valence-corrected chi connectivity index (χ3v) is 3.08. The molecule has 2 rings (SSSR count). The monoisotopic (exact) mass is 214 g/mol. The van der Waals surface area contributed by atoms with Crippen LogP contribution in [0.4, 0.5) is 0 Å². The molecule has 0 saturated heterocycles. The minimum absolute atomic E-state index is 0.444. The molecular formula is C14H18N2. The fourth-order valence-corrected chi connectivity index (χ4v) is 2.11. The van der Waals surface area contributed by atoms with Crippen LogP contribution in [0.3, 0.4) is 0 Å². The largest absolute Gasteiger partial charge is 0.318 e. The minimum atomic E-state index is -0.444. The van der Waals surface area contributed by atoms with Crippen molar-refractivity contribution in [2.24, 2.45) is 11.5 Å². The molecule has 0 bridgehead atoms. The van der Waals surface area contributed by atoms with E-state index in [9.17, 15) is 0 Å². The van der Waals surface area contributed by atoms with Gasteiger partial charge in [0.1, 0.15) is 0 Å². The molecule has 0 aliphatic heterocycles. The van der Waals surface area contributed by atoms with Crippen LogP contribution in [-0.2, 0) is 0 Å². The lowest BCUT2D eigenvalue weighted by molar-refractivity contribution is 0.639. The molecule has 0 aromatic rings. The second kappa shape index (κ2) is 3.58. The van der Waals surface area contributed by atoms with Crippen molar-refractivity contribution in [1.82, 2.24) is 0 Å². The number of rotatable bonds is 0. The summed E-state index contributed by atoms with van der Waals surface area (Å²) in [6, 6.07) is 0. The Hall–Kier alpha value is -1.38. The molecule has 0 amide bonds. The van der Waals surface area contributed by atoms with Crippen LogP contribution in [0, 0.1) is 0 Å². The van der Waals surface area contributed by atoms with Gasteiger partial charge in [0.2, 0.25) is 0 Å². The molecular weight excluding hydrogens is 196 g/mol. The number of allylic oxidation sites excluding steroid dienone is 4. The molecule has 0 saturated carbocycles. The Morgan fingerprint density at radius 3 is 1.44 bits per heavy atom. The molecule has 2 aliphatic carbocycles. The summed E-state index contributed by atoms with van der Waals surface area (Å²) in [5.41, 5.74) is 13.8. The average molecular weight is 214 g/mol. The summed E-state index contributed by atoms with van der Waals surface area (Å²) in [4.78, 5) is 0. The molecule has 0 radical (unpaired) electrons. The Balaban J connectivity index is 2.57. The van der Waals surface area contributed by atoms with Crippen LogP contribution in [-0.4, -0.2) is 11.1 Å². The van der Waals surface area contributed by atoms with Crippen LogP contribution in [0.15, 0.2) is 59.8 Å². The van der Waals surface area contributed by atoms with Crippen LogP contribution < -0.4 is 11.5 Å². The maximum absolute atomic E-state index is 6.26. The van der Waals surface area contributed by atoms with Crippen molar-refractivity contribution in [2.45, 2.75) is 24.9 Å². The van der Waals surface area contributed by atoms with Crippen molar-refractivity contribution < 1.29 is 0 Å². The normalized spacial score (nSPS) is 41.8. The van der Waals surface area contributed by atoms with Crippen molar-refractivity contribution in [3.63, 3.8) is 0 Å². The summed E-state index contributed by atoms with van der Waals surface area (Å²) in [5, 5.41) is 0. The van der Waals surface area contributed by atoms with Crippen molar-refractivity contribution in [3.8, 4) is 0 Å². The van der Waals surface area contributed by atoms with E-state index in [1.807, 2.05) is 62.5 Å². The van der Waals surface area contributed by atoms with Gasteiger partial charge in [-0.1, -0.05) is 48.6 Å². The molecule has 4 N–H and O–H groups in total. The fourth-order valence-electron chi connectivity index (χ4n) is 2.11. The first kappa shape index (κ1) is 11.1. The van der Waals surface area contributed by atoms with E-state index >= 15 is 0 Å². The summed E-state index contributed by atoms with van der Waals surface area (Å²) in [6.07, 6.45) is 16.0. The molecule has 2 atom stereocenters. The summed E-state index contributed by atoms with van der Waals surface area (Å²) < 4.78 is 0. The van der Waals surface area contributed by atoms with Gasteiger partial charge in [0.05, 0.1) is 11.1 Å². The molecule has 0 fully saturated rings. The standard InChI is InChI=1S/C14H18N2/c1-13(15)9-5-3-7-11(13)12-8-4-6-10-14(12,2)16/h3-10H,15-16H2,1-2H3. The van der Waals surface area contributed by atoms with Gasteiger partial charge in [-0.05, 0) is 25.0 Å². The summed E-state index contributed by atoms with van der Waals surface area (Å²) >= 11 is 0. The molecule has 0 heterocycles. The lowest BCUT2D eigenvalue weighted by Gasteiger charge is -2.33. The number of nitrogens with two attached hydrogens (primary N) is 2. The van der Waals surface area contributed by atoms with Crippen molar-refractivity contribution in [3.05, 3.63) is 59.8 Å². The lowest BCUT2D eigenvalue weighted by Crippen LogP contribution is -2.43. The topological polar surface area (TPSA) is 52.0 Å². The summed E-state index contributed by atoms with van der Waals surface area (Å²) in [5.74, 6) is 0. The zero-order chi connectivity index (χ0) is 11.8. The Kier molecular flexibility index (Phi) is 2.49. The van der Waals surface area contributed by atoms with Gasteiger partial charge in [-0.2, -0.15) is 0 Å². The van der Waals surface area contributed by atoms with Gasteiger partial charge in [0, 0.05) is 0 Å². The SMILES string of the molecule is CC1(N)C=CC=CC1=C1C=CC=CC1(C)N. The minimum Gasteiger partial charge on any atom is -0.318 e. The van der Waals surface area contributed by atoms with Crippen molar-refractivity contribution in [1.29, 1.82) is 0 Å². The van der Waals surface area contributed by atoms with Gasteiger partial charge in [-0.15, -0.1) is 0 Å². The first-order chi connectivity index (χ1) is 7.43. The Morgan fingerprint density at radius 2 is 1.12 bits per heavy atom. The first-order valence-corrected chi connectivity index (χ1v) is 5.48. The van der Waals surface area contributed by atoms with E-state index in [4.69, 9.17) is 11.5 Å². The maximum Gasteiger partial charge on any atom is 0.0573 e. The average Bonchev–Trinajstić information content (AvgIpc) is 2.18. The molecule has 16 heavy (non-hydrogen) atoms. The van der Waals surface area contributed by atoms with Gasteiger partial charge in [-0.3, -0.25) is 0 Å². The van der Waals surface area contributed by atoms with Crippen LogP contribution in [0.5, 0.6) is 0 Å². The van der Waals surface area contributed by atoms with E-state index in [1.165, 1.54) is 0 Å². The smallest absolute Gasteiger partial charge is 0.0573 e. The predicted molar refractivity (Wildman–Crippen MR) is 68.8 cm³/mol. The van der Waals surface area contributed by atoms with Gasteiger partial charge in [-0.25, -0.2) is 0 Å². The molecule has 2 heteroatoms. The van der Waals surface area contributed by atoms with E-state index in [0.29, 0.717) is 0 Å². The second-order valence-electron chi connectivity index (χ2n) is 4.83. The highest BCUT2D eigenvalue weighted by Crippen LogP contribution is 2.31. The van der Waals surface area contributed by atoms with E-state index in [-0.39, 0.29) is 0 Å². The van der Waals surface area contributed by atoms with Crippen molar-refractivity contribution >= 4 is 0 Å². The van der Waals surface area contributed by atoms with Crippen LogP contribution >= 0.6 is 0 Å². The highest BCUT2D eigenvalue weighted by molar-refractivity contribution is 5.54. The Labute approximate surface area is 96.7 Å². The fraction of sp³-hybridized carbons (Fsp3) is 0.286. The van der Waals surface area contributed by atoms with Crippen molar-refractivity contribution in [2.75, 3.05) is 0 Å².